The number of hydrogen-bond acceptors (Lipinski definition) is 4. The Kier molecular flexibility index (Phi) is 4.66. The minimum atomic E-state index is -0.428. The topological polar surface area (TPSA) is 79.6 Å². The average Bonchev–Trinajstić information content (AvgIpc) is 3.22. The molecular weight excluding hydrogens is 392 g/mol. The molecule has 9 heteroatoms. The van der Waals surface area contributed by atoms with Crippen LogP contribution in [0.15, 0.2) is 39.9 Å². The Balaban J connectivity index is 2.00. The van der Waals surface area contributed by atoms with E-state index in [1.165, 1.54) is 9.13 Å². The molecule has 0 bridgehead atoms. The summed E-state index contributed by atoms with van der Waals surface area (Å²) in [6.07, 6.45) is 0. The predicted octanol–water partition coefficient (Wildman–Crippen LogP) is 2.42. The maximum atomic E-state index is 13.3. The maximum absolute atomic E-state index is 13.3. The van der Waals surface area contributed by atoms with Gasteiger partial charge in [-0.3, -0.25) is 13.9 Å². The largest absolute Gasteiger partial charge is 0.332 e. The molecule has 0 aliphatic heterocycles. The van der Waals surface area contributed by atoms with Crippen molar-refractivity contribution in [1.82, 2.24) is 28.5 Å². The number of aromatic nitrogens is 6. The Labute approximate surface area is 171 Å². The number of rotatable bonds is 4. The molecule has 0 aliphatic rings. The van der Waals surface area contributed by atoms with Gasteiger partial charge in [0, 0.05) is 24.3 Å². The SMILES string of the molecule is CCn1c(-n2nc(C)cc2C)nc2c1c(=O)n(Cc1cccc(Cl)c1)c(=O)n2C. The van der Waals surface area contributed by atoms with Crippen LogP contribution in [0.1, 0.15) is 23.9 Å². The fraction of sp³-hybridized carbons (Fsp3) is 0.300. The lowest BCUT2D eigenvalue weighted by molar-refractivity contribution is 0.649. The molecule has 150 valence electrons. The van der Waals surface area contributed by atoms with E-state index >= 15 is 0 Å². The van der Waals surface area contributed by atoms with Gasteiger partial charge in [-0.1, -0.05) is 23.7 Å². The molecule has 0 N–H and O–H groups in total. The highest BCUT2D eigenvalue weighted by Crippen LogP contribution is 2.17. The number of benzene rings is 1. The zero-order valence-electron chi connectivity index (χ0n) is 16.7. The second kappa shape index (κ2) is 7.04. The van der Waals surface area contributed by atoms with Gasteiger partial charge in [0.25, 0.3) is 5.56 Å². The van der Waals surface area contributed by atoms with E-state index in [4.69, 9.17) is 11.6 Å². The molecule has 0 saturated heterocycles. The van der Waals surface area contributed by atoms with E-state index in [0.29, 0.717) is 28.7 Å². The minimum absolute atomic E-state index is 0.131. The Bertz CT molecular complexity index is 1360. The summed E-state index contributed by atoms with van der Waals surface area (Å²) in [6.45, 7) is 6.40. The highest BCUT2D eigenvalue weighted by Gasteiger charge is 2.21. The summed E-state index contributed by atoms with van der Waals surface area (Å²) in [7, 11) is 1.62. The van der Waals surface area contributed by atoms with Gasteiger partial charge in [-0.2, -0.15) is 10.1 Å². The van der Waals surface area contributed by atoms with E-state index in [1.54, 1.807) is 34.5 Å². The van der Waals surface area contributed by atoms with Crippen molar-refractivity contribution in [2.75, 3.05) is 0 Å². The summed E-state index contributed by atoms with van der Waals surface area (Å²) in [5.74, 6) is 0.515. The number of fused-ring (bicyclic) bond motifs is 1. The molecular formula is C20H21ClN6O2. The van der Waals surface area contributed by atoms with E-state index < -0.39 is 5.69 Å². The van der Waals surface area contributed by atoms with Crippen molar-refractivity contribution in [3.05, 3.63) is 73.1 Å². The molecule has 0 fully saturated rings. The number of halogens is 1. The molecule has 3 aromatic heterocycles. The van der Waals surface area contributed by atoms with Gasteiger partial charge in [-0.25, -0.2) is 9.48 Å². The standard InChI is InChI=1S/C20H21ClN6O2/c1-5-25-16-17(22-19(25)27-13(3)9-12(2)23-27)24(4)20(29)26(18(16)28)11-14-7-6-8-15(21)10-14/h6-10H,5,11H2,1-4H3. The highest BCUT2D eigenvalue weighted by molar-refractivity contribution is 6.30. The third-order valence-electron chi connectivity index (χ3n) is 4.96. The van der Waals surface area contributed by atoms with Crippen LogP contribution in [0.5, 0.6) is 0 Å². The predicted molar refractivity (Wildman–Crippen MR) is 112 cm³/mol. The van der Waals surface area contributed by atoms with Crippen LogP contribution in [0.4, 0.5) is 0 Å². The van der Waals surface area contributed by atoms with Gasteiger partial charge in [-0.15, -0.1) is 0 Å². The first-order chi connectivity index (χ1) is 13.8. The first-order valence-corrected chi connectivity index (χ1v) is 9.67. The molecule has 0 aliphatic carbocycles. The van der Waals surface area contributed by atoms with Crippen LogP contribution in [0.2, 0.25) is 5.02 Å². The Hall–Kier alpha value is -3.13. The molecule has 29 heavy (non-hydrogen) atoms. The lowest BCUT2D eigenvalue weighted by Gasteiger charge is -2.10. The van der Waals surface area contributed by atoms with E-state index in [1.807, 2.05) is 32.9 Å². The molecule has 0 amide bonds. The van der Waals surface area contributed by atoms with Gasteiger partial charge in [0.1, 0.15) is 0 Å². The molecule has 1 aromatic carbocycles. The van der Waals surface area contributed by atoms with E-state index in [-0.39, 0.29) is 12.1 Å². The average molecular weight is 413 g/mol. The summed E-state index contributed by atoms with van der Waals surface area (Å²) in [5.41, 5.74) is 2.43. The lowest BCUT2D eigenvalue weighted by Crippen LogP contribution is -2.40. The van der Waals surface area contributed by atoms with Crippen LogP contribution in [-0.2, 0) is 20.1 Å². The van der Waals surface area contributed by atoms with Crippen LogP contribution in [-0.4, -0.2) is 28.5 Å². The van der Waals surface area contributed by atoms with Crippen LogP contribution in [0, 0.1) is 13.8 Å². The van der Waals surface area contributed by atoms with E-state index in [2.05, 4.69) is 10.1 Å². The van der Waals surface area contributed by atoms with Gasteiger partial charge in [0.15, 0.2) is 11.2 Å². The first kappa shape index (κ1) is 19.2. The summed E-state index contributed by atoms with van der Waals surface area (Å²) < 4.78 is 6.12. The van der Waals surface area contributed by atoms with E-state index in [0.717, 1.165) is 17.0 Å². The normalized spacial score (nSPS) is 11.5. The Morgan fingerprint density at radius 2 is 1.86 bits per heavy atom. The van der Waals surface area contributed by atoms with Crippen molar-refractivity contribution in [3.8, 4) is 5.95 Å². The molecule has 0 spiro atoms. The number of aryl methyl sites for hydroxylation is 4. The van der Waals surface area contributed by atoms with Crippen molar-refractivity contribution in [1.29, 1.82) is 0 Å². The zero-order chi connectivity index (χ0) is 20.9. The van der Waals surface area contributed by atoms with Crippen LogP contribution < -0.4 is 11.2 Å². The fourth-order valence-electron chi connectivity index (χ4n) is 3.61. The summed E-state index contributed by atoms with van der Waals surface area (Å²) in [5, 5.41) is 5.04. The third kappa shape index (κ3) is 3.09. The molecule has 0 atom stereocenters. The minimum Gasteiger partial charge on any atom is -0.303 e. The third-order valence-corrected chi connectivity index (χ3v) is 5.19. The number of imidazole rings is 1. The monoisotopic (exact) mass is 412 g/mol. The summed E-state index contributed by atoms with van der Waals surface area (Å²) >= 11 is 6.06. The van der Waals surface area contributed by atoms with Gasteiger partial charge in [0.05, 0.1) is 12.2 Å². The van der Waals surface area contributed by atoms with Crippen molar-refractivity contribution in [2.45, 2.75) is 33.9 Å². The number of hydrogen-bond donors (Lipinski definition) is 0. The molecule has 0 radical (unpaired) electrons. The maximum Gasteiger partial charge on any atom is 0.332 e. The van der Waals surface area contributed by atoms with Crippen molar-refractivity contribution in [3.63, 3.8) is 0 Å². The van der Waals surface area contributed by atoms with Gasteiger partial charge >= 0.3 is 5.69 Å². The highest BCUT2D eigenvalue weighted by atomic mass is 35.5. The smallest absolute Gasteiger partial charge is 0.303 e. The lowest BCUT2D eigenvalue weighted by atomic mass is 10.2. The molecule has 4 rings (SSSR count). The number of nitrogens with zero attached hydrogens (tertiary/aromatic N) is 6. The molecule has 0 saturated carbocycles. The molecule has 0 unspecified atom stereocenters. The quantitative estimate of drug-likeness (QED) is 0.515. The van der Waals surface area contributed by atoms with Crippen LogP contribution >= 0.6 is 11.6 Å². The van der Waals surface area contributed by atoms with Gasteiger partial charge in [0.2, 0.25) is 5.95 Å². The zero-order valence-corrected chi connectivity index (χ0v) is 17.4. The second-order valence-corrected chi connectivity index (χ2v) is 7.47. The molecule has 3 heterocycles. The van der Waals surface area contributed by atoms with Crippen molar-refractivity contribution >= 4 is 22.8 Å². The van der Waals surface area contributed by atoms with Crippen molar-refractivity contribution in [2.24, 2.45) is 7.05 Å². The van der Waals surface area contributed by atoms with E-state index in [9.17, 15) is 9.59 Å². The van der Waals surface area contributed by atoms with Crippen molar-refractivity contribution < 1.29 is 0 Å². The Morgan fingerprint density at radius 3 is 2.48 bits per heavy atom. The summed E-state index contributed by atoms with van der Waals surface area (Å²) in [6, 6.07) is 9.07. The Morgan fingerprint density at radius 1 is 1.10 bits per heavy atom. The van der Waals surface area contributed by atoms with Gasteiger partial charge < -0.3 is 4.57 Å². The first-order valence-electron chi connectivity index (χ1n) is 9.30. The second-order valence-electron chi connectivity index (χ2n) is 7.03. The fourth-order valence-corrected chi connectivity index (χ4v) is 3.82. The molecule has 4 aromatic rings. The van der Waals surface area contributed by atoms with Crippen LogP contribution in [0.3, 0.4) is 0 Å². The van der Waals surface area contributed by atoms with Crippen LogP contribution in [0.25, 0.3) is 17.1 Å². The summed E-state index contributed by atoms with van der Waals surface area (Å²) in [4.78, 5) is 30.9. The molecule has 8 nitrogen and oxygen atoms in total. The van der Waals surface area contributed by atoms with Gasteiger partial charge in [-0.05, 0) is 44.5 Å².